The van der Waals surface area contributed by atoms with E-state index in [2.05, 4.69) is 0 Å². The van der Waals surface area contributed by atoms with Gasteiger partial charge in [0.25, 0.3) is 0 Å². The van der Waals surface area contributed by atoms with Gasteiger partial charge in [0.05, 0.1) is 6.61 Å². The molecule has 15 heavy (non-hydrogen) atoms. The summed E-state index contributed by atoms with van der Waals surface area (Å²) in [6, 6.07) is 0. The van der Waals surface area contributed by atoms with Crippen LogP contribution in [0.4, 0.5) is 0 Å². The van der Waals surface area contributed by atoms with Gasteiger partial charge >= 0.3 is 5.97 Å². The number of halogens is 1. The van der Waals surface area contributed by atoms with Crippen molar-refractivity contribution < 1.29 is 19.1 Å². The largest absolute Gasteiger partial charge is 0.462 e. The van der Waals surface area contributed by atoms with Crippen LogP contribution >= 0.6 is 11.6 Å². The van der Waals surface area contributed by atoms with Crippen molar-refractivity contribution in [1.29, 1.82) is 0 Å². The molecule has 0 aliphatic rings. The maximum Gasteiger partial charge on any atom is 0.321 e. The summed E-state index contributed by atoms with van der Waals surface area (Å²) in [5, 5.41) is -0.657. The van der Waals surface area contributed by atoms with Crippen molar-refractivity contribution in [3.8, 4) is 0 Å². The zero-order valence-corrected chi connectivity index (χ0v) is 10.1. The second kappa shape index (κ2) is 6.80. The number of hydrogen-bond donors (Lipinski definition) is 0. The lowest BCUT2D eigenvalue weighted by Crippen LogP contribution is -2.37. The van der Waals surface area contributed by atoms with Crippen molar-refractivity contribution in [2.45, 2.75) is 26.7 Å². The first-order valence-corrected chi connectivity index (χ1v) is 5.29. The van der Waals surface area contributed by atoms with Gasteiger partial charge in [-0.2, -0.15) is 0 Å². The predicted octanol–water partition coefficient (Wildman–Crippen LogP) is 1.75. The summed E-state index contributed by atoms with van der Waals surface area (Å²) in [5.41, 5.74) is -1.20. The van der Waals surface area contributed by atoms with Gasteiger partial charge < -0.3 is 9.47 Å². The Labute approximate surface area is 94.9 Å². The Morgan fingerprint density at radius 2 is 1.73 bits per heavy atom. The fraction of sp³-hybridized carbons (Fsp3) is 0.800. The summed E-state index contributed by atoms with van der Waals surface area (Å²) in [7, 11) is 1.51. The normalized spacial score (nSPS) is 11.2. The molecule has 0 aliphatic heterocycles. The highest BCUT2D eigenvalue weighted by molar-refractivity contribution is 6.66. The molecule has 0 aromatic rings. The van der Waals surface area contributed by atoms with E-state index in [4.69, 9.17) is 21.1 Å². The molecule has 0 aromatic heterocycles. The molecule has 0 amide bonds. The lowest BCUT2D eigenvalue weighted by molar-refractivity contribution is -0.160. The van der Waals surface area contributed by atoms with Crippen LogP contribution in [0.5, 0.6) is 0 Å². The standard InChI is InChI=1S/C10H17ClO4/c1-4-10(5-2,8(11)12)9(13)15-7-6-14-3/h4-7H2,1-3H3. The first-order valence-electron chi connectivity index (χ1n) is 4.91. The zero-order valence-electron chi connectivity index (χ0n) is 9.34. The number of carbonyl (C=O) groups is 2. The van der Waals surface area contributed by atoms with Crippen LogP contribution in [-0.2, 0) is 19.1 Å². The van der Waals surface area contributed by atoms with Gasteiger partial charge in [0.1, 0.15) is 12.0 Å². The molecule has 0 aromatic carbocycles. The monoisotopic (exact) mass is 236 g/mol. The second-order valence-corrected chi connectivity index (χ2v) is 3.53. The van der Waals surface area contributed by atoms with Gasteiger partial charge in [0.2, 0.25) is 5.24 Å². The molecule has 0 aliphatic carbocycles. The van der Waals surface area contributed by atoms with E-state index in [0.717, 1.165) is 0 Å². The van der Waals surface area contributed by atoms with Gasteiger partial charge in [-0.25, -0.2) is 0 Å². The summed E-state index contributed by atoms with van der Waals surface area (Å²) in [4.78, 5) is 22.9. The summed E-state index contributed by atoms with van der Waals surface area (Å²) in [6.45, 7) is 3.93. The highest BCUT2D eigenvalue weighted by atomic mass is 35.5. The lowest BCUT2D eigenvalue weighted by Gasteiger charge is -2.24. The molecule has 5 heteroatoms. The third kappa shape index (κ3) is 3.47. The van der Waals surface area contributed by atoms with Crippen LogP contribution in [0.15, 0.2) is 0 Å². The van der Waals surface area contributed by atoms with Crippen molar-refractivity contribution in [2.75, 3.05) is 20.3 Å². The van der Waals surface area contributed by atoms with Gasteiger partial charge in [-0.15, -0.1) is 0 Å². The van der Waals surface area contributed by atoms with Crippen LogP contribution in [0.3, 0.4) is 0 Å². The van der Waals surface area contributed by atoms with Gasteiger partial charge in [-0.05, 0) is 24.4 Å². The Bertz CT molecular complexity index is 223. The van der Waals surface area contributed by atoms with Gasteiger partial charge in [-0.3, -0.25) is 9.59 Å². The maximum atomic E-state index is 11.7. The molecule has 0 spiro atoms. The third-order valence-corrected chi connectivity index (χ3v) is 2.86. The quantitative estimate of drug-likeness (QED) is 0.293. The molecule has 0 radical (unpaired) electrons. The van der Waals surface area contributed by atoms with Gasteiger partial charge in [0.15, 0.2) is 0 Å². The minimum Gasteiger partial charge on any atom is -0.462 e. The minimum atomic E-state index is -1.20. The average Bonchev–Trinajstić information content (AvgIpc) is 2.20. The van der Waals surface area contributed by atoms with Crippen LogP contribution in [0.1, 0.15) is 26.7 Å². The SMILES string of the molecule is CCC(CC)(C(=O)Cl)C(=O)OCCOC. The number of ether oxygens (including phenoxy) is 2. The highest BCUT2D eigenvalue weighted by Gasteiger charge is 2.43. The minimum absolute atomic E-state index is 0.140. The molecule has 0 heterocycles. The van der Waals surface area contributed by atoms with E-state index in [1.165, 1.54) is 7.11 Å². The molecule has 0 fully saturated rings. The zero-order chi connectivity index (χ0) is 11.9. The number of carbonyl (C=O) groups excluding carboxylic acids is 2. The van der Waals surface area contributed by atoms with E-state index in [9.17, 15) is 9.59 Å². The molecule has 88 valence electrons. The lowest BCUT2D eigenvalue weighted by atomic mass is 9.84. The van der Waals surface area contributed by atoms with E-state index in [1.54, 1.807) is 13.8 Å². The Kier molecular flexibility index (Phi) is 6.52. The Morgan fingerprint density at radius 1 is 1.20 bits per heavy atom. The summed E-state index contributed by atoms with van der Waals surface area (Å²) >= 11 is 5.44. The van der Waals surface area contributed by atoms with Crippen LogP contribution in [0.25, 0.3) is 0 Å². The molecule has 0 N–H and O–H groups in total. The molecule has 0 saturated heterocycles. The number of esters is 1. The summed E-state index contributed by atoms with van der Waals surface area (Å²) in [5.74, 6) is -0.565. The average molecular weight is 237 g/mol. The fourth-order valence-electron chi connectivity index (χ4n) is 1.25. The molecule has 0 saturated carbocycles. The van der Waals surface area contributed by atoms with Crippen LogP contribution < -0.4 is 0 Å². The summed E-state index contributed by atoms with van der Waals surface area (Å²) in [6.07, 6.45) is 0.690. The molecule has 0 bridgehead atoms. The molecule has 0 rings (SSSR count). The van der Waals surface area contributed by atoms with E-state index in [0.29, 0.717) is 19.4 Å². The first-order chi connectivity index (χ1) is 7.05. The van der Waals surface area contributed by atoms with Gasteiger partial charge in [-0.1, -0.05) is 13.8 Å². The number of rotatable bonds is 7. The van der Waals surface area contributed by atoms with Gasteiger partial charge in [0, 0.05) is 7.11 Å². The highest BCUT2D eigenvalue weighted by Crippen LogP contribution is 2.30. The number of methoxy groups -OCH3 is 1. The first kappa shape index (κ1) is 14.4. The van der Waals surface area contributed by atoms with E-state index < -0.39 is 16.6 Å². The fourth-order valence-corrected chi connectivity index (χ4v) is 1.60. The van der Waals surface area contributed by atoms with Crippen LogP contribution in [0, 0.1) is 5.41 Å². The summed E-state index contributed by atoms with van der Waals surface area (Å²) < 4.78 is 9.66. The Hall–Kier alpha value is -0.610. The van der Waals surface area contributed by atoms with E-state index >= 15 is 0 Å². The Balaban J connectivity index is 4.49. The van der Waals surface area contributed by atoms with Crippen LogP contribution in [0.2, 0.25) is 0 Å². The predicted molar refractivity (Wildman–Crippen MR) is 56.7 cm³/mol. The van der Waals surface area contributed by atoms with Crippen molar-refractivity contribution in [3.63, 3.8) is 0 Å². The van der Waals surface area contributed by atoms with Crippen molar-refractivity contribution in [1.82, 2.24) is 0 Å². The molecular formula is C10H17ClO4. The molecule has 4 nitrogen and oxygen atoms in total. The van der Waals surface area contributed by atoms with Crippen molar-refractivity contribution in [2.24, 2.45) is 5.41 Å². The van der Waals surface area contributed by atoms with Crippen molar-refractivity contribution in [3.05, 3.63) is 0 Å². The van der Waals surface area contributed by atoms with Crippen molar-refractivity contribution >= 4 is 22.8 Å². The maximum absolute atomic E-state index is 11.7. The second-order valence-electron chi connectivity index (χ2n) is 3.19. The molecule has 0 atom stereocenters. The third-order valence-electron chi connectivity index (χ3n) is 2.49. The molecular weight excluding hydrogens is 220 g/mol. The topological polar surface area (TPSA) is 52.6 Å². The molecule has 0 unspecified atom stereocenters. The Morgan fingerprint density at radius 3 is 2.07 bits per heavy atom. The number of hydrogen-bond acceptors (Lipinski definition) is 4. The van der Waals surface area contributed by atoms with Crippen LogP contribution in [-0.4, -0.2) is 31.5 Å². The smallest absolute Gasteiger partial charge is 0.321 e. The van der Waals surface area contributed by atoms with E-state index in [1.807, 2.05) is 0 Å². The van der Waals surface area contributed by atoms with E-state index in [-0.39, 0.29) is 6.61 Å².